The topological polar surface area (TPSA) is 84.9 Å². The van der Waals surface area contributed by atoms with Crippen molar-refractivity contribution >= 4 is 56.4 Å². The lowest BCUT2D eigenvalue weighted by atomic mass is 10.2. The number of benzene rings is 2. The summed E-state index contributed by atoms with van der Waals surface area (Å²) in [7, 11) is 0. The Morgan fingerprint density at radius 3 is 2.70 bits per heavy atom. The van der Waals surface area contributed by atoms with Crippen LogP contribution in [-0.4, -0.2) is 30.9 Å². The van der Waals surface area contributed by atoms with E-state index >= 15 is 0 Å². The summed E-state index contributed by atoms with van der Waals surface area (Å²) < 4.78 is 11.6. The summed E-state index contributed by atoms with van der Waals surface area (Å²) in [6.07, 6.45) is 0. The number of fused-ring (bicyclic) bond motifs is 1. The molecule has 152 valence electrons. The number of nitrogens with one attached hydrogen (secondary N) is 1. The number of halogens is 1. The number of esters is 1. The minimum Gasteiger partial charge on any atom is -0.482 e. The van der Waals surface area contributed by atoms with Gasteiger partial charge in [-0.1, -0.05) is 22.0 Å². The van der Waals surface area contributed by atoms with E-state index in [2.05, 4.69) is 21.2 Å². The lowest BCUT2D eigenvalue weighted by Crippen LogP contribution is -2.43. The quantitative estimate of drug-likeness (QED) is 0.433. The van der Waals surface area contributed by atoms with Crippen LogP contribution in [0.5, 0.6) is 11.5 Å². The van der Waals surface area contributed by atoms with Crippen molar-refractivity contribution in [1.82, 2.24) is 0 Å². The molecule has 1 N–H and O–H groups in total. The smallest absolute Gasteiger partial charge is 0.331 e. The lowest BCUT2D eigenvalue weighted by molar-refractivity contribution is -0.134. The van der Waals surface area contributed by atoms with E-state index in [0.29, 0.717) is 27.8 Å². The molecule has 1 aliphatic heterocycles. The average molecular weight is 487 g/mol. The predicted molar refractivity (Wildman–Crippen MR) is 116 cm³/mol. The highest BCUT2D eigenvalue weighted by molar-refractivity contribution is 9.10. The van der Waals surface area contributed by atoms with Crippen molar-refractivity contribution in [2.75, 3.05) is 23.4 Å². The van der Waals surface area contributed by atoms with Crippen LogP contribution in [0.1, 0.15) is 9.67 Å². The van der Waals surface area contributed by atoms with E-state index in [1.807, 2.05) is 5.38 Å². The second kappa shape index (κ2) is 8.68. The van der Waals surface area contributed by atoms with Gasteiger partial charge in [0.2, 0.25) is 0 Å². The van der Waals surface area contributed by atoms with E-state index < -0.39 is 5.97 Å². The predicted octanol–water partition coefficient (Wildman–Crippen LogP) is 4.09. The SMILES string of the molecule is O=C(CN1C(=O)COc2cc(Br)ccc21)Oc1ccc(NC(=O)c2cccs2)cc1. The minimum absolute atomic E-state index is 0.143. The molecule has 1 aromatic heterocycles. The number of rotatable bonds is 5. The summed E-state index contributed by atoms with van der Waals surface area (Å²) in [5.41, 5.74) is 1.09. The first-order valence-corrected chi connectivity index (χ1v) is 10.6. The molecule has 3 aromatic rings. The van der Waals surface area contributed by atoms with Gasteiger partial charge in [0, 0.05) is 10.2 Å². The Morgan fingerprint density at radius 1 is 1.17 bits per heavy atom. The van der Waals surface area contributed by atoms with Gasteiger partial charge in [-0.05, 0) is 53.9 Å². The second-order valence-corrected chi connectivity index (χ2v) is 8.17. The van der Waals surface area contributed by atoms with Crippen molar-refractivity contribution < 1.29 is 23.9 Å². The second-order valence-electron chi connectivity index (χ2n) is 6.31. The fraction of sp³-hybridized carbons (Fsp3) is 0.0952. The van der Waals surface area contributed by atoms with Crippen LogP contribution < -0.4 is 19.7 Å². The molecule has 0 fully saturated rings. The Morgan fingerprint density at radius 2 is 1.97 bits per heavy atom. The van der Waals surface area contributed by atoms with Crippen molar-refractivity contribution in [2.24, 2.45) is 0 Å². The van der Waals surface area contributed by atoms with Crippen LogP contribution in [0.3, 0.4) is 0 Å². The van der Waals surface area contributed by atoms with Crippen molar-refractivity contribution in [2.45, 2.75) is 0 Å². The van der Waals surface area contributed by atoms with Gasteiger partial charge >= 0.3 is 5.97 Å². The third kappa shape index (κ3) is 4.52. The van der Waals surface area contributed by atoms with Crippen LogP contribution in [0.15, 0.2) is 64.5 Å². The molecular weight excluding hydrogens is 472 g/mol. The normalized spacial score (nSPS) is 12.7. The summed E-state index contributed by atoms with van der Waals surface area (Å²) in [6.45, 7) is -0.386. The van der Waals surface area contributed by atoms with Crippen LogP contribution in [0, 0.1) is 0 Å². The zero-order valence-electron chi connectivity index (χ0n) is 15.5. The molecule has 2 amide bonds. The molecule has 7 nitrogen and oxygen atoms in total. The Labute approximate surface area is 184 Å². The molecule has 4 rings (SSSR count). The highest BCUT2D eigenvalue weighted by Gasteiger charge is 2.28. The number of nitrogens with zero attached hydrogens (tertiary/aromatic N) is 1. The minimum atomic E-state index is -0.588. The zero-order valence-corrected chi connectivity index (χ0v) is 17.9. The summed E-state index contributed by atoms with van der Waals surface area (Å²) in [5.74, 6) is -0.290. The number of anilines is 2. The van der Waals surface area contributed by atoms with Crippen LogP contribution in [0.4, 0.5) is 11.4 Å². The molecule has 0 aliphatic carbocycles. The largest absolute Gasteiger partial charge is 0.482 e. The van der Waals surface area contributed by atoms with E-state index in [9.17, 15) is 14.4 Å². The summed E-state index contributed by atoms with van der Waals surface area (Å²) in [4.78, 5) is 38.6. The molecule has 2 aromatic carbocycles. The lowest BCUT2D eigenvalue weighted by Gasteiger charge is -2.28. The molecule has 9 heteroatoms. The highest BCUT2D eigenvalue weighted by atomic mass is 79.9. The summed E-state index contributed by atoms with van der Waals surface area (Å²) in [5, 5.41) is 4.60. The standard InChI is InChI=1S/C21H15BrN2O5S/c22-13-3-8-16-17(10-13)28-12-19(25)24(16)11-20(26)29-15-6-4-14(5-7-15)23-21(27)18-2-1-9-30-18/h1-10H,11-12H2,(H,23,27). The maximum atomic E-state index is 12.4. The van der Waals surface area contributed by atoms with Crippen molar-refractivity contribution in [3.63, 3.8) is 0 Å². The highest BCUT2D eigenvalue weighted by Crippen LogP contribution is 2.34. The molecule has 0 saturated heterocycles. The van der Waals surface area contributed by atoms with Gasteiger partial charge in [-0.3, -0.25) is 14.5 Å². The van der Waals surface area contributed by atoms with Gasteiger partial charge in [0.05, 0.1) is 10.6 Å². The van der Waals surface area contributed by atoms with Crippen molar-refractivity contribution in [3.8, 4) is 11.5 Å². The van der Waals surface area contributed by atoms with Gasteiger partial charge in [0.15, 0.2) is 6.61 Å². The Kier molecular flexibility index (Phi) is 5.82. The summed E-state index contributed by atoms with van der Waals surface area (Å²) >= 11 is 4.70. The summed E-state index contributed by atoms with van der Waals surface area (Å²) in [6, 6.07) is 15.2. The first kappa shape index (κ1) is 20.1. The van der Waals surface area contributed by atoms with Gasteiger partial charge in [-0.2, -0.15) is 0 Å². The van der Waals surface area contributed by atoms with Gasteiger partial charge in [0.25, 0.3) is 11.8 Å². The molecule has 0 unspecified atom stereocenters. The van der Waals surface area contributed by atoms with E-state index in [4.69, 9.17) is 9.47 Å². The number of hydrogen-bond acceptors (Lipinski definition) is 6. The zero-order chi connectivity index (χ0) is 21.1. The number of amides is 2. The number of hydrogen-bond donors (Lipinski definition) is 1. The fourth-order valence-corrected chi connectivity index (χ4v) is 3.81. The number of carbonyl (C=O) groups is 3. The maximum absolute atomic E-state index is 12.4. The fourth-order valence-electron chi connectivity index (χ4n) is 2.85. The van der Waals surface area contributed by atoms with E-state index in [0.717, 1.165) is 4.47 Å². The van der Waals surface area contributed by atoms with Crippen molar-refractivity contribution in [3.05, 3.63) is 69.3 Å². The van der Waals surface area contributed by atoms with Crippen LogP contribution >= 0.6 is 27.3 Å². The van der Waals surface area contributed by atoms with Crippen LogP contribution in [0.2, 0.25) is 0 Å². The van der Waals surface area contributed by atoms with Gasteiger partial charge < -0.3 is 14.8 Å². The van der Waals surface area contributed by atoms with E-state index in [-0.39, 0.29) is 25.0 Å². The Balaban J connectivity index is 1.39. The third-order valence-corrected chi connectivity index (χ3v) is 5.60. The molecule has 1 aliphatic rings. The van der Waals surface area contributed by atoms with Crippen LogP contribution in [-0.2, 0) is 9.59 Å². The first-order valence-electron chi connectivity index (χ1n) is 8.88. The van der Waals surface area contributed by atoms with Gasteiger partial charge in [0.1, 0.15) is 18.0 Å². The van der Waals surface area contributed by atoms with Crippen LogP contribution in [0.25, 0.3) is 0 Å². The molecule has 0 spiro atoms. The number of carbonyl (C=O) groups excluding carboxylic acids is 3. The molecule has 0 bridgehead atoms. The van der Waals surface area contributed by atoms with Gasteiger partial charge in [-0.25, -0.2) is 4.79 Å². The molecule has 30 heavy (non-hydrogen) atoms. The Bertz CT molecular complexity index is 1100. The molecular formula is C21H15BrN2O5S. The van der Waals surface area contributed by atoms with E-state index in [1.165, 1.54) is 16.2 Å². The Hall–Kier alpha value is -3.17. The third-order valence-electron chi connectivity index (χ3n) is 4.24. The molecule has 0 atom stereocenters. The number of thiophene rings is 1. The molecule has 0 radical (unpaired) electrons. The first-order chi connectivity index (χ1) is 14.5. The average Bonchev–Trinajstić information content (AvgIpc) is 3.27. The monoisotopic (exact) mass is 486 g/mol. The molecule has 2 heterocycles. The molecule has 0 saturated carbocycles. The van der Waals surface area contributed by atoms with Gasteiger partial charge in [-0.15, -0.1) is 11.3 Å². The maximum Gasteiger partial charge on any atom is 0.331 e. The van der Waals surface area contributed by atoms with E-state index in [1.54, 1.807) is 54.6 Å². The van der Waals surface area contributed by atoms with Crippen molar-refractivity contribution in [1.29, 1.82) is 0 Å². The number of ether oxygens (including phenoxy) is 2.